The SMILES string of the molecule is COC(=O)C(C)(C)NC(=O)C(C)=C(C)C(=O)O. The number of rotatable bonds is 4. The van der Waals surface area contributed by atoms with Crippen molar-refractivity contribution in [3.8, 4) is 0 Å². The van der Waals surface area contributed by atoms with Gasteiger partial charge in [-0.25, -0.2) is 9.59 Å². The third-order valence-electron chi connectivity index (χ3n) is 2.35. The van der Waals surface area contributed by atoms with Crippen LogP contribution in [0, 0.1) is 0 Å². The highest BCUT2D eigenvalue weighted by atomic mass is 16.5. The molecule has 0 fully saturated rings. The number of hydrogen-bond donors (Lipinski definition) is 2. The number of carbonyl (C=O) groups excluding carboxylic acids is 2. The second kappa shape index (κ2) is 5.47. The molecule has 1 amide bonds. The molecule has 0 bridgehead atoms. The summed E-state index contributed by atoms with van der Waals surface area (Å²) in [7, 11) is 1.21. The molecular formula is C11H17NO5. The Morgan fingerprint density at radius 3 is 1.94 bits per heavy atom. The number of nitrogens with one attached hydrogen (secondary N) is 1. The molecule has 0 rings (SSSR count). The number of aliphatic carboxylic acids is 1. The van der Waals surface area contributed by atoms with Crippen LogP contribution in [0.3, 0.4) is 0 Å². The maximum absolute atomic E-state index is 11.7. The number of amides is 1. The molecule has 0 saturated carbocycles. The van der Waals surface area contributed by atoms with E-state index in [1.54, 1.807) is 0 Å². The van der Waals surface area contributed by atoms with Crippen molar-refractivity contribution in [3.63, 3.8) is 0 Å². The van der Waals surface area contributed by atoms with Crippen LogP contribution in [0.15, 0.2) is 11.1 Å². The van der Waals surface area contributed by atoms with Crippen LogP contribution in [-0.2, 0) is 19.1 Å². The van der Waals surface area contributed by atoms with Gasteiger partial charge in [0.15, 0.2) is 0 Å². The molecule has 6 heteroatoms. The number of carboxylic acids is 1. The zero-order chi connectivity index (χ0) is 13.8. The smallest absolute Gasteiger partial charge is 0.331 e. The number of ether oxygens (including phenoxy) is 1. The number of esters is 1. The first-order valence-electron chi connectivity index (χ1n) is 4.95. The molecule has 0 aliphatic carbocycles. The second-order valence-corrected chi connectivity index (χ2v) is 4.13. The zero-order valence-corrected chi connectivity index (χ0v) is 10.6. The van der Waals surface area contributed by atoms with Gasteiger partial charge in [0.1, 0.15) is 5.54 Å². The predicted molar refractivity (Wildman–Crippen MR) is 60.2 cm³/mol. The standard InChI is InChI=1S/C11H17NO5/c1-6(7(2)9(14)15)8(13)12-11(3,4)10(16)17-5/h1-5H3,(H,12,13)(H,14,15). The van der Waals surface area contributed by atoms with E-state index in [1.165, 1.54) is 34.8 Å². The molecule has 0 aromatic heterocycles. The van der Waals surface area contributed by atoms with Gasteiger partial charge in [-0.1, -0.05) is 0 Å². The fourth-order valence-corrected chi connectivity index (χ4v) is 1.01. The average molecular weight is 243 g/mol. The Kier molecular flexibility index (Phi) is 4.87. The lowest BCUT2D eigenvalue weighted by molar-refractivity contribution is -0.148. The Bertz CT molecular complexity index is 381. The lowest BCUT2D eigenvalue weighted by atomic mass is 10.0. The molecule has 6 nitrogen and oxygen atoms in total. The van der Waals surface area contributed by atoms with Crippen molar-refractivity contribution in [2.75, 3.05) is 7.11 Å². The Hall–Kier alpha value is -1.85. The van der Waals surface area contributed by atoms with E-state index in [0.29, 0.717) is 0 Å². The lowest BCUT2D eigenvalue weighted by Gasteiger charge is -2.23. The summed E-state index contributed by atoms with van der Waals surface area (Å²) in [5, 5.41) is 11.1. The third kappa shape index (κ3) is 3.90. The summed E-state index contributed by atoms with van der Waals surface area (Å²) in [5.74, 6) is -2.39. The van der Waals surface area contributed by atoms with Gasteiger partial charge in [0.25, 0.3) is 0 Å². The van der Waals surface area contributed by atoms with E-state index in [-0.39, 0.29) is 11.1 Å². The Labute approximate surface area is 99.6 Å². The van der Waals surface area contributed by atoms with E-state index in [9.17, 15) is 14.4 Å². The number of hydrogen-bond acceptors (Lipinski definition) is 4. The van der Waals surface area contributed by atoms with E-state index < -0.39 is 23.4 Å². The van der Waals surface area contributed by atoms with Crippen LogP contribution in [0.25, 0.3) is 0 Å². The number of carboxylic acid groups (broad SMARTS) is 1. The van der Waals surface area contributed by atoms with Gasteiger partial charge >= 0.3 is 11.9 Å². The normalized spacial score (nSPS) is 12.5. The van der Waals surface area contributed by atoms with Crippen LogP contribution in [-0.4, -0.2) is 35.6 Å². The molecule has 2 N–H and O–H groups in total. The minimum atomic E-state index is -1.20. The molecule has 0 aromatic carbocycles. The highest BCUT2D eigenvalue weighted by molar-refractivity contribution is 6.03. The van der Waals surface area contributed by atoms with Crippen molar-refractivity contribution >= 4 is 17.8 Å². The Balaban J connectivity index is 4.95. The van der Waals surface area contributed by atoms with Crippen LogP contribution >= 0.6 is 0 Å². The summed E-state index contributed by atoms with van der Waals surface area (Å²) in [5.41, 5.74) is -1.22. The van der Waals surface area contributed by atoms with Crippen LogP contribution in [0.4, 0.5) is 0 Å². The van der Waals surface area contributed by atoms with Crippen molar-refractivity contribution in [2.45, 2.75) is 33.2 Å². The predicted octanol–water partition coefficient (Wildman–Crippen LogP) is 0.475. The van der Waals surface area contributed by atoms with Gasteiger partial charge in [-0.15, -0.1) is 0 Å². The Morgan fingerprint density at radius 1 is 1.12 bits per heavy atom. The maximum atomic E-state index is 11.7. The van der Waals surface area contributed by atoms with E-state index >= 15 is 0 Å². The highest BCUT2D eigenvalue weighted by Gasteiger charge is 2.31. The van der Waals surface area contributed by atoms with Crippen LogP contribution < -0.4 is 5.32 Å². The molecule has 0 aliphatic rings. The maximum Gasteiger partial charge on any atom is 0.331 e. The summed E-state index contributed by atoms with van der Waals surface area (Å²) in [4.78, 5) is 33.7. The molecule has 0 unspecified atom stereocenters. The summed E-state index contributed by atoms with van der Waals surface area (Å²) in [6.07, 6.45) is 0. The molecular weight excluding hydrogens is 226 g/mol. The summed E-state index contributed by atoms with van der Waals surface area (Å²) >= 11 is 0. The van der Waals surface area contributed by atoms with Gasteiger partial charge in [-0.05, 0) is 27.7 Å². The van der Waals surface area contributed by atoms with Gasteiger partial charge < -0.3 is 15.2 Å². The molecule has 17 heavy (non-hydrogen) atoms. The second-order valence-electron chi connectivity index (χ2n) is 4.13. The van der Waals surface area contributed by atoms with Crippen LogP contribution in [0.1, 0.15) is 27.7 Å². The molecule has 96 valence electrons. The first-order valence-corrected chi connectivity index (χ1v) is 4.95. The quantitative estimate of drug-likeness (QED) is 0.553. The summed E-state index contributed by atoms with van der Waals surface area (Å²) < 4.78 is 4.52. The van der Waals surface area contributed by atoms with Gasteiger partial charge in [-0.2, -0.15) is 0 Å². The molecule has 0 aromatic rings. The summed E-state index contributed by atoms with van der Waals surface area (Å²) in [6, 6.07) is 0. The van der Waals surface area contributed by atoms with Gasteiger partial charge in [-0.3, -0.25) is 4.79 Å². The van der Waals surface area contributed by atoms with Crippen molar-refractivity contribution < 1.29 is 24.2 Å². The molecule has 0 saturated heterocycles. The van der Waals surface area contributed by atoms with Gasteiger partial charge in [0.05, 0.1) is 7.11 Å². The van der Waals surface area contributed by atoms with E-state index in [0.717, 1.165) is 0 Å². The fraction of sp³-hybridized carbons (Fsp3) is 0.545. The van der Waals surface area contributed by atoms with Crippen molar-refractivity contribution in [1.82, 2.24) is 5.32 Å². The van der Waals surface area contributed by atoms with Crippen LogP contribution in [0.5, 0.6) is 0 Å². The fourth-order valence-electron chi connectivity index (χ4n) is 1.01. The molecule has 0 aliphatic heterocycles. The first-order chi connectivity index (χ1) is 7.63. The average Bonchev–Trinajstić information content (AvgIpc) is 2.24. The minimum Gasteiger partial charge on any atom is -0.478 e. The van der Waals surface area contributed by atoms with Gasteiger partial charge in [0.2, 0.25) is 5.91 Å². The van der Waals surface area contributed by atoms with Gasteiger partial charge in [0, 0.05) is 11.1 Å². The third-order valence-corrected chi connectivity index (χ3v) is 2.35. The Morgan fingerprint density at radius 2 is 1.59 bits per heavy atom. The minimum absolute atomic E-state index is 0.0504. The molecule has 0 heterocycles. The van der Waals surface area contributed by atoms with Crippen molar-refractivity contribution in [3.05, 3.63) is 11.1 Å². The van der Waals surface area contributed by atoms with Crippen molar-refractivity contribution in [2.24, 2.45) is 0 Å². The molecule has 0 spiro atoms. The molecule has 0 radical (unpaired) electrons. The zero-order valence-electron chi connectivity index (χ0n) is 10.6. The van der Waals surface area contributed by atoms with Crippen molar-refractivity contribution in [1.29, 1.82) is 0 Å². The highest BCUT2D eigenvalue weighted by Crippen LogP contribution is 2.09. The monoisotopic (exact) mass is 243 g/mol. The number of carbonyl (C=O) groups is 3. The molecule has 0 atom stereocenters. The van der Waals surface area contributed by atoms with E-state index in [1.807, 2.05) is 0 Å². The van der Waals surface area contributed by atoms with E-state index in [4.69, 9.17) is 5.11 Å². The number of methoxy groups -OCH3 is 1. The largest absolute Gasteiger partial charge is 0.478 e. The lowest BCUT2D eigenvalue weighted by Crippen LogP contribution is -2.50. The van der Waals surface area contributed by atoms with E-state index in [2.05, 4.69) is 10.1 Å². The first kappa shape index (κ1) is 15.2. The topological polar surface area (TPSA) is 92.7 Å². The summed E-state index contributed by atoms with van der Waals surface area (Å²) in [6.45, 7) is 5.65. The van der Waals surface area contributed by atoms with Crippen LogP contribution in [0.2, 0.25) is 0 Å².